The van der Waals surface area contributed by atoms with Crippen molar-refractivity contribution in [1.29, 1.82) is 0 Å². The van der Waals surface area contributed by atoms with Crippen LogP contribution in [-0.4, -0.2) is 47.1 Å². The van der Waals surface area contributed by atoms with Gasteiger partial charge in [0.1, 0.15) is 5.75 Å². The van der Waals surface area contributed by atoms with Gasteiger partial charge in [-0.15, -0.1) is 17.5 Å². The van der Waals surface area contributed by atoms with Crippen LogP contribution in [0.3, 0.4) is 0 Å². The first-order valence-electron chi connectivity index (χ1n) is 9.22. The van der Waals surface area contributed by atoms with Gasteiger partial charge in [-0.1, -0.05) is 17.3 Å². The van der Waals surface area contributed by atoms with E-state index in [1.807, 2.05) is 23.7 Å². The van der Waals surface area contributed by atoms with E-state index in [1.54, 1.807) is 13.3 Å². The summed E-state index contributed by atoms with van der Waals surface area (Å²) < 4.78 is 7.00. The number of carbonyl (C=O) groups is 1. The minimum Gasteiger partial charge on any atom is -0.497 e. The van der Waals surface area contributed by atoms with Gasteiger partial charge in [0.25, 0.3) is 5.91 Å². The summed E-state index contributed by atoms with van der Waals surface area (Å²) in [7, 11) is 1.66. The summed E-state index contributed by atoms with van der Waals surface area (Å²) in [5.41, 5.74) is 1.61. The zero-order chi connectivity index (χ0) is 18.4. The first kappa shape index (κ1) is 21.2. The Labute approximate surface area is 166 Å². The number of aryl methyl sites for hydroxylation is 1. The Hall–Kier alpha value is -2.12. The lowest BCUT2D eigenvalue weighted by atomic mass is 10.1. The third-order valence-corrected chi connectivity index (χ3v) is 4.83. The quantitative estimate of drug-likeness (QED) is 0.754. The molecule has 1 aliphatic heterocycles. The molecule has 0 aliphatic carbocycles. The molecular formula is C19H28ClN5O2. The van der Waals surface area contributed by atoms with Gasteiger partial charge in [0.2, 0.25) is 0 Å². The number of piperidine rings is 1. The molecule has 8 heteroatoms. The fourth-order valence-corrected chi connectivity index (χ4v) is 3.18. The van der Waals surface area contributed by atoms with Gasteiger partial charge in [0.05, 0.1) is 19.3 Å². The number of benzene rings is 1. The first-order valence-corrected chi connectivity index (χ1v) is 9.22. The van der Waals surface area contributed by atoms with Gasteiger partial charge in [-0.25, -0.2) is 4.68 Å². The molecule has 148 valence electrons. The highest BCUT2D eigenvalue weighted by Gasteiger charge is 2.19. The van der Waals surface area contributed by atoms with Crippen molar-refractivity contribution in [3.8, 4) is 5.75 Å². The van der Waals surface area contributed by atoms with Crippen LogP contribution < -0.4 is 15.4 Å². The van der Waals surface area contributed by atoms with Crippen molar-refractivity contribution in [2.24, 2.45) is 0 Å². The Kier molecular flexibility index (Phi) is 8.06. The van der Waals surface area contributed by atoms with Crippen molar-refractivity contribution in [3.63, 3.8) is 0 Å². The molecule has 3 rings (SSSR count). The van der Waals surface area contributed by atoms with Crippen LogP contribution in [0.5, 0.6) is 5.75 Å². The number of nitrogens with zero attached hydrogens (tertiary/aromatic N) is 3. The maximum Gasteiger partial charge on any atom is 0.273 e. The summed E-state index contributed by atoms with van der Waals surface area (Å²) in [6.45, 7) is 3.97. The highest BCUT2D eigenvalue weighted by Crippen LogP contribution is 2.17. The molecule has 2 aromatic rings. The number of ether oxygens (including phenoxy) is 1. The molecule has 0 spiro atoms. The van der Waals surface area contributed by atoms with Gasteiger partial charge in [-0.3, -0.25) is 4.79 Å². The monoisotopic (exact) mass is 393 g/mol. The standard InChI is InChI=1S/C19H27N5O2.ClH/c1-14(3-4-15-5-7-17(26-2)8-6-15)21-19(25)18-13-24(23-22-18)16-9-11-20-12-10-16;/h5-8,13-14,16,20H,3-4,9-12H2,1-2H3,(H,21,25);1H. The van der Waals surface area contributed by atoms with Crippen LogP contribution in [0.25, 0.3) is 0 Å². The molecule has 1 amide bonds. The van der Waals surface area contributed by atoms with Gasteiger partial charge in [0.15, 0.2) is 5.69 Å². The highest BCUT2D eigenvalue weighted by atomic mass is 35.5. The Morgan fingerprint density at radius 2 is 2.04 bits per heavy atom. The van der Waals surface area contributed by atoms with Crippen LogP contribution in [0.2, 0.25) is 0 Å². The predicted octanol–water partition coefficient (Wildman–Crippen LogP) is 2.38. The van der Waals surface area contributed by atoms with Crippen LogP contribution in [0.4, 0.5) is 0 Å². The molecule has 7 nitrogen and oxygen atoms in total. The van der Waals surface area contributed by atoms with Gasteiger partial charge >= 0.3 is 0 Å². The normalized spacial score (nSPS) is 15.6. The lowest BCUT2D eigenvalue weighted by Crippen LogP contribution is -2.33. The van der Waals surface area contributed by atoms with E-state index in [4.69, 9.17) is 4.74 Å². The van der Waals surface area contributed by atoms with Crippen LogP contribution in [0.1, 0.15) is 48.3 Å². The van der Waals surface area contributed by atoms with Gasteiger partial charge < -0.3 is 15.4 Å². The molecule has 0 radical (unpaired) electrons. The third-order valence-electron chi connectivity index (χ3n) is 4.83. The van der Waals surface area contributed by atoms with Gasteiger partial charge in [-0.05, 0) is 63.4 Å². The molecule has 1 unspecified atom stereocenters. The fraction of sp³-hybridized carbons (Fsp3) is 0.526. The molecule has 0 bridgehead atoms. The molecule has 0 saturated carbocycles. The zero-order valence-electron chi connectivity index (χ0n) is 15.9. The average molecular weight is 394 g/mol. The second kappa shape index (κ2) is 10.3. The first-order chi connectivity index (χ1) is 12.7. The van der Waals surface area contributed by atoms with Crippen molar-refractivity contribution in [1.82, 2.24) is 25.6 Å². The van der Waals surface area contributed by atoms with Crippen LogP contribution in [0.15, 0.2) is 30.5 Å². The van der Waals surface area contributed by atoms with Crippen molar-refractivity contribution >= 4 is 18.3 Å². The van der Waals surface area contributed by atoms with Crippen molar-refractivity contribution in [2.45, 2.75) is 44.7 Å². The van der Waals surface area contributed by atoms with E-state index in [1.165, 1.54) is 5.56 Å². The van der Waals surface area contributed by atoms with Gasteiger partial charge in [-0.2, -0.15) is 0 Å². The summed E-state index contributed by atoms with van der Waals surface area (Å²) in [5.74, 6) is 0.694. The molecular weight excluding hydrogens is 366 g/mol. The molecule has 1 aliphatic rings. The smallest absolute Gasteiger partial charge is 0.273 e. The number of methoxy groups -OCH3 is 1. The SMILES string of the molecule is COc1ccc(CCC(C)NC(=O)c2cn(C3CCNCC3)nn2)cc1.Cl. The van der Waals surface area contributed by atoms with Crippen LogP contribution >= 0.6 is 12.4 Å². The Balaban J connectivity index is 0.00000261. The summed E-state index contributed by atoms with van der Waals surface area (Å²) in [5, 5.41) is 14.5. The Morgan fingerprint density at radius 1 is 1.33 bits per heavy atom. The molecule has 2 heterocycles. The molecule has 2 N–H and O–H groups in total. The van der Waals surface area contributed by atoms with E-state index in [0.29, 0.717) is 11.7 Å². The van der Waals surface area contributed by atoms with E-state index >= 15 is 0 Å². The summed E-state index contributed by atoms with van der Waals surface area (Å²) in [6.07, 6.45) is 5.56. The van der Waals surface area contributed by atoms with Crippen molar-refractivity contribution in [2.75, 3.05) is 20.2 Å². The molecule has 1 aromatic carbocycles. The number of nitrogens with one attached hydrogen (secondary N) is 2. The van der Waals surface area contributed by atoms with Gasteiger partial charge in [0, 0.05) is 6.04 Å². The minimum absolute atomic E-state index is 0. The number of rotatable bonds is 7. The van der Waals surface area contributed by atoms with E-state index in [9.17, 15) is 4.79 Å². The molecule has 1 saturated heterocycles. The average Bonchev–Trinajstić information content (AvgIpc) is 3.18. The molecule has 1 aromatic heterocycles. The van der Waals surface area contributed by atoms with E-state index in [-0.39, 0.29) is 24.4 Å². The second-order valence-electron chi connectivity index (χ2n) is 6.83. The van der Waals surface area contributed by atoms with E-state index < -0.39 is 0 Å². The zero-order valence-corrected chi connectivity index (χ0v) is 16.7. The summed E-state index contributed by atoms with van der Waals surface area (Å²) in [4.78, 5) is 12.4. The Bertz CT molecular complexity index is 713. The van der Waals surface area contributed by atoms with Crippen LogP contribution in [0, 0.1) is 0 Å². The van der Waals surface area contributed by atoms with E-state index in [2.05, 4.69) is 33.1 Å². The number of carbonyl (C=O) groups excluding carboxylic acids is 1. The Morgan fingerprint density at radius 3 is 2.70 bits per heavy atom. The number of amides is 1. The predicted molar refractivity (Wildman–Crippen MR) is 107 cm³/mol. The number of halogens is 1. The topological polar surface area (TPSA) is 81.1 Å². The molecule has 1 atom stereocenters. The second-order valence-corrected chi connectivity index (χ2v) is 6.83. The minimum atomic E-state index is -0.160. The van der Waals surface area contributed by atoms with Crippen molar-refractivity contribution < 1.29 is 9.53 Å². The third kappa shape index (κ3) is 5.94. The summed E-state index contributed by atoms with van der Waals surface area (Å²) in [6, 6.07) is 8.41. The number of hydrogen-bond donors (Lipinski definition) is 2. The lowest BCUT2D eigenvalue weighted by Gasteiger charge is -2.22. The highest BCUT2D eigenvalue weighted by molar-refractivity contribution is 5.92. The molecule has 1 fully saturated rings. The largest absolute Gasteiger partial charge is 0.497 e. The number of hydrogen-bond acceptors (Lipinski definition) is 5. The molecule has 27 heavy (non-hydrogen) atoms. The van der Waals surface area contributed by atoms with Crippen LogP contribution in [-0.2, 0) is 6.42 Å². The fourth-order valence-electron chi connectivity index (χ4n) is 3.18. The van der Waals surface area contributed by atoms with Crippen molar-refractivity contribution in [3.05, 3.63) is 41.7 Å². The summed E-state index contributed by atoms with van der Waals surface area (Å²) >= 11 is 0. The maximum absolute atomic E-state index is 12.4. The van der Waals surface area contributed by atoms with E-state index in [0.717, 1.165) is 44.5 Å². The lowest BCUT2D eigenvalue weighted by molar-refractivity contribution is 0.0933. The number of aromatic nitrogens is 3. The maximum atomic E-state index is 12.4.